The number of benzene rings is 1. The van der Waals surface area contributed by atoms with Gasteiger partial charge in [0.2, 0.25) is 0 Å². The van der Waals surface area contributed by atoms with Gasteiger partial charge in [0, 0.05) is 28.5 Å². The Morgan fingerprint density at radius 1 is 1.15 bits per heavy atom. The van der Waals surface area contributed by atoms with E-state index in [2.05, 4.69) is 10.3 Å². The van der Waals surface area contributed by atoms with Crippen LogP contribution in [0.5, 0.6) is 0 Å². The zero-order valence-corrected chi connectivity index (χ0v) is 15.0. The van der Waals surface area contributed by atoms with Crippen LogP contribution < -0.4 is 5.32 Å². The number of carbonyl (C=O) groups excluding carboxylic acids is 1. The minimum Gasteiger partial charge on any atom is -0.462 e. The molecule has 0 atom stereocenters. The van der Waals surface area contributed by atoms with E-state index in [-0.39, 0.29) is 5.91 Å². The van der Waals surface area contributed by atoms with Crippen molar-refractivity contribution >= 4 is 17.2 Å². The van der Waals surface area contributed by atoms with Crippen molar-refractivity contribution in [2.75, 3.05) is 0 Å². The maximum Gasteiger partial charge on any atom is 0.251 e. The van der Waals surface area contributed by atoms with Gasteiger partial charge in [0.05, 0.1) is 18.5 Å². The molecule has 1 aromatic carbocycles. The smallest absolute Gasteiger partial charge is 0.251 e. The highest BCUT2D eigenvalue weighted by molar-refractivity contribution is 7.15. The number of hydrogen-bond donors (Lipinski definition) is 1. The van der Waals surface area contributed by atoms with Crippen LogP contribution in [0.25, 0.3) is 16.5 Å². The number of nitrogens with one attached hydrogen (secondary N) is 1. The van der Waals surface area contributed by atoms with Gasteiger partial charge < -0.3 is 14.3 Å². The molecule has 5 nitrogen and oxygen atoms in total. The number of nitrogens with zero attached hydrogens (tertiary/aromatic N) is 2. The summed E-state index contributed by atoms with van der Waals surface area (Å²) < 4.78 is 7.38. The van der Waals surface area contributed by atoms with Gasteiger partial charge in [0.15, 0.2) is 10.8 Å². The summed E-state index contributed by atoms with van der Waals surface area (Å²) in [6, 6.07) is 15.2. The maximum absolute atomic E-state index is 12.4. The molecule has 6 heteroatoms. The monoisotopic (exact) mass is 363 g/mol. The molecule has 0 fully saturated rings. The second-order valence-electron chi connectivity index (χ2n) is 5.82. The highest BCUT2D eigenvalue weighted by Gasteiger charge is 2.13. The Morgan fingerprint density at radius 3 is 2.62 bits per heavy atom. The van der Waals surface area contributed by atoms with Crippen LogP contribution in [0.2, 0.25) is 0 Å². The van der Waals surface area contributed by atoms with Crippen molar-refractivity contribution in [3.8, 4) is 16.5 Å². The van der Waals surface area contributed by atoms with Crippen LogP contribution in [0.4, 0.5) is 0 Å². The number of amides is 1. The highest BCUT2D eigenvalue weighted by Crippen LogP contribution is 2.28. The molecule has 0 radical (unpaired) electrons. The van der Waals surface area contributed by atoms with Gasteiger partial charge in [-0.25, -0.2) is 4.98 Å². The first-order chi connectivity index (χ1) is 12.7. The number of aryl methyl sites for hydroxylation is 1. The quantitative estimate of drug-likeness (QED) is 0.570. The van der Waals surface area contributed by atoms with Crippen molar-refractivity contribution in [3.63, 3.8) is 0 Å². The fraction of sp³-hybridized carbons (Fsp3) is 0.100. The summed E-state index contributed by atoms with van der Waals surface area (Å²) in [4.78, 5) is 17.9. The largest absolute Gasteiger partial charge is 0.462 e. The summed E-state index contributed by atoms with van der Waals surface area (Å²) in [5.74, 6) is 0.646. The predicted octanol–water partition coefficient (Wildman–Crippen LogP) is 4.43. The molecule has 3 heterocycles. The van der Waals surface area contributed by atoms with Crippen molar-refractivity contribution in [2.45, 2.75) is 13.5 Å². The Labute approximate surface area is 154 Å². The number of rotatable bonds is 5. The summed E-state index contributed by atoms with van der Waals surface area (Å²) in [6.45, 7) is 2.39. The standard InChI is InChI=1S/C20H17N3O2S/c1-14-18(26-20(22-14)17-5-4-12-25-17)13-21-19(24)15-6-8-16(9-7-15)23-10-2-3-11-23/h2-12H,13H2,1H3,(H,21,24). The molecule has 1 amide bonds. The van der Waals surface area contributed by atoms with E-state index in [4.69, 9.17) is 4.42 Å². The Morgan fingerprint density at radius 2 is 1.92 bits per heavy atom. The Bertz CT molecular complexity index is 1000. The topological polar surface area (TPSA) is 60.1 Å². The van der Waals surface area contributed by atoms with Gasteiger partial charge in [-0.05, 0) is 55.5 Å². The molecule has 130 valence electrons. The fourth-order valence-electron chi connectivity index (χ4n) is 2.65. The minimum atomic E-state index is -0.101. The average Bonchev–Trinajstić information content (AvgIpc) is 3.41. The molecule has 26 heavy (non-hydrogen) atoms. The van der Waals surface area contributed by atoms with Crippen molar-refractivity contribution in [3.05, 3.63) is 83.3 Å². The van der Waals surface area contributed by atoms with Crippen LogP contribution in [0.15, 0.2) is 71.6 Å². The lowest BCUT2D eigenvalue weighted by Crippen LogP contribution is -2.22. The molecule has 0 unspecified atom stereocenters. The zero-order chi connectivity index (χ0) is 17.9. The third-order valence-electron chi connectivity index (χ3n) is 4.07. The summed E-state index contributed by atoms with van der Waals surface area (Å²) in [7, 11) is 0. The lowest BCUT2D eigenvalue weighted by molar-refractivity contribution is 0.0951. The number of furan rings is 1. The van der Waals surface area contributed by atoms with Crippen LogP contribution in [0, 0.1) is 6.92 Å². The van der Waals surface area contributed by atoms with E-state index in [9.17, 15) is 4.79 Å². The third-order valence-corrected chi connectivity index (χ3v) is 5.24. The van der Waals surface area contributed by atoms with Crippen molar-refractivity contribution in [1.82, 2.24) is 14.9 Å². The van der Waals surface area contributed by atoms with E-state index in [1.54, 1.807) is 6.26 Å². The molecule has 3 aromatic heterocycles. The van der Waals surface area contributed by atoms with Crippen molar-refractivity contribution in [2.24, 2.45) is 0 Å². The number of aromatic nitrogens is 2. The van der Waals surface area contributed by atoms with Gasteiger partial charge in [0.1, 0.15) is 0 Å². The zero-order valence-electron chi connectivity index (χ0n) is 14.2. The molecular formula is C20H17N3O2S. The number of hydrogen-bond acceptors (Lipinski definition) is 4. The first kappa shape index (κ1) is 16.4. The molecule has 0 aliphatic heterocycles. The molecule has 0 bridgehead atoms. The van der Waals surface area contributed by atoms with Crippen LogP contribution in [0.1, 0.15) is 20.9 Å². The van der Waals surface area contributed by atoms with Gasteiger partial charge in [-0.2, -0.15) is 0 Å². The molecule has 0 spiro atoms. The summed E-state index contributed by atoms with van der Waals surface area (Å²) in [5, 5.41) is 3.79. The summed E-state index contributed by atoms with van der Waals surface area (Å²) >= 11 is 1.53. The molecule has 0 saturated carbocycles. The van der Waals surface area contributed by atoms with Crippen LogP contribution >= 0.6 is 11.3 Å². The number of thiazole rings is 1. The van der Waals surface area contributed by atoms with E-state index in [0.29, 0.717) is 12.1 Å². The molecule has 4 aromatic rings. The van der Waals surface area contributed by atoms with E-state index < -0.39 is 0 Å². The van der Waals surface area contributed by atoms with E-state index in [1.165, 1.54) is 11.3 Å². The molecule has 1 N–H and O–H groups in total. The summed E-state index contributed by atoms with van der Waals surface area (Å²) in [5.41, 5.74) is 2.56. The first-order valence-electron chi connectivity index (χ1n) is 8.22. The Hall–Kier alpha value is -3.12. The second kappa shape index (κ2) is 7.01. The normalized spacial score (nSPS) is 10.8. The summed E-state index contributed by atoms with van der Waals surface area (Å²) in [6.07, 6.45) is 5.57. The first-order valence-corrected chi connectivity index (χ1v) is 9.04. The second-order valence-corrected chi connectivity index (χ2v) is 6.91. The van der Waals surface area contributed by atoms with Gasteiger partial charge in [-0.3, -0.25) is 4.79 Å². The van der Waals surface area contributed by atoms with Crippen LogP contribution in [0.3, 0.4) is 0 Å². The minimum absolute atomic E-state index is 0.101. The van der Waals surface area contributed by atoms with Gasteiger partial charge >= 0.3 is 0 Å². The molecule has 0 aliphatic rings. The fourth-order valence-corrected chi connectivity index (χ4v) is 3.62. The molecule has 0 saturated heterocycles. The van der Waals surface area contributed by atoms with Gasteiger partial charge in [-0.1, -0.05) is 0 Å². The lowest BCUT2D eigenvalue weighted by atomic mass is 10.2. The number of carbonyl (C=O) groups is 1. The van der Waals surface area contributed by atoms with Crippen LogP contribution in [-0.2, 0) is 6.54 Å². The van der Waals surface area contributed by atoms with Crippen molar-refractivity contribution < 1.29 is 9.21 Å². The molecule has 0 aliphatic carbocycles. The third kappa shape index (κ3) is 3.32. The highest BCUT2D eigenvalue weighted by atomic mass is 32.1. The van der Waals surface area contributed by atoms with Crippen LogP contribution in [-0.4, -0.2) is 15.5 Å². The van der Waals surface area contributed by atoms with E-state index in [0.717, 1.165) is 27.0 Å². The van der Waals surface area contributed by atoms with E-state index in [1.807, 2.05) is 72.4 Å². The van der Waals surface area contributed by atoms with Gasteiger partial charge in [-0.15, -0.1) is 11.3 Å². The Balaban J connectivity index is 1.42. The molecule has 4 rings (SSSR count). The SMILES string of the molecule is Cc1nc(-c2ccco2)sc1CNC(=O)c1ccc(-n2cccc2)cc1. The van der Waals surface area contributed by atoms with Crippen molar-refractivity contribution in [1.29, 1.82) is 0 Å². The van der Waals surface area contributed by atoms with Gasteiger partial charge in [0.25, 0.3) is 5.91 Å². The maximum atomic E-state index is 12.4. The Kier molecular flexibility index (Phi) is 4.41. The lowest BCUT2D eigenvalue weighted by Gasteiger charge is -2.06. The average molecular weight is 363 g/mol. The predicted molar refractivity (Wildman–Crippen MR) is 101 cm³/mol. The molecular weight excluding hydrogens is 346 g/mol. The van der Waals surface area contributed by atoms with E-state index >= 15 is 0 Å².